The molecule has 0 fully saturated rings. The molecule has 0 unspecified atom stereocenters. The minimum absolute atomic E-state index is 0.0372. The Kier molecular flexibility index (Phi) is 11.7. The summed E-state index contributed by atoms with van der Waals surface area (Å²) in [7, 11) is -4.26. The Labute approximate surface area is 264 Å². The zero-order valence-corrected chi connectivity index (χ0v) is 26.3. The summed E-state index contributed by atoms with van der Waals surface area (Å²) in [6, 6.07) is 28.4. The number of nitrogens with one attached hydrogen (secondary N) is 1. The first-order valence-electron chi connectivity index (χ1n) is 14.9. The number of halogens is 1. The minimum atomic E-state index is -4.26. The summed E-state index contributed by atoms with van der Waals surface area (Å²) in [5.41, 5.74) is 1.26. The molecule has 0 aliphatic carbocycles. The Morgan fingerprint density at radius 1 is 0.844 bits per heavy atom. The number of hydrogen-bond acceptors (Lipinski definition) is 5. The number of anilines is 1. The molecule has 0 spiro atoms. The molecular formula is C35H38FN3O5S. The first-order valence-corrected chi connectivity index (χ1v) is 16.3. The van der Waals surface area contributed by atoms with Crippen LogP contribution in [0.4, 0.5) is 10.1 Å². The van der Waals surface area contributed by atoms with Crippen molar-refractivity contribution in [3.63, 3.8) is 0 Å². The Morgan fingerprint density at radius 2 is 1.47 bits per heavy atom. The van der Waals surface area contributed by atoms with Gasteiger partial charge in [-0.05, 0) is 61.4 Å². The topological polar surface area (TPSA) is 96.0 Å². The van der Waals surface area contributed by atoms with Gasteiger partial charge in [0.2, 0.25) is 11.8 Å². The Balaban J connectivity index is 1.77. The molecule has 0 aliphatic heterocycles. The van der Waals surface area contributed by atoms with Crippen LogP contribution in [0, 0.1) is 5.82 Å². The lowest BCUT2D eigenvalue weighted by atomic mass is 10.0. The summed E-state index contributed by atoms with van der Waals surface area (Å²) in [4.78, 5) is 29.3. The van der Waals surface area contributed by atoms with Crippen molar-refractivity contribution >= 4 is 27.5 Å². The maximum Gasteiger partial charge on any atom is 0.264 e. The molecule has 1 N–H and O–H groups in total. The van der Waals surface area contributed by atoms with Crippen molar-refractivity contribution in [3.8, 4) is 5.75 Å². The number of nitrogens with zero attached hydrogens (tertiary/aromatic N) is 2. The molecular weight excluding hydrogens is 593 g/mol. The number of ether oxygens (including phenoxy) is 1. The van der Waals surface area contributed by atoms with E-state index in [0.29, 0.717) is 25.3 Å². The van der Waals surface area contributed by atoms with E-state index >= 15 is 0 Å². The van der Waals surface area contributed by atoms with Gasteiger partial charge >= 0.3 is 0 Å². The van der Waals surface area contributed by atoms with Crippen LogP contribution in [0.25, 0.3) is 0 Å². The number of rotatable bonds is 15. The lowest BCUT2D eigenvalue weighted by Crippen LogP contribution is -2.53. The van der Waals surface area contributed by atoms with Crippen molar-refractivity contribution in [2.45, 2.75) is 44.2 Å². The lowest BCUT2D eigenvalue weighted by molar-refractivity contribution is -0.140. The van der Waals surface area contributed by atoms with E-state index in [-0.39, 0.29) is 29.1 Å². The first kappa shape index (κ1) is 33.2. The fourth-order valence-electron chi connectivity index (χ4n) is 4.85. The molecule has 0 heterocycles. The van der Waals surface area contributed by atoms with Gasteiger partial charge in [-0.2, -0.15) is 0 Å². The average molecular weight is 632 g/mol. The van der Waals surface area contributed by atoms with Crippen molar-refractivity contribution in [1.29, 1.82) is 0 Å². The summed E-state index contributed by atoms with van der Waals surface area (Å²) < 4.78 is 49.6. The van der Waals surface area contributed by atoms with Gasteiger partial charge in [0.25, 0.3) is 10.0 Å². The average Bonchev–Trinajstić information content (AvgIpc) is 3.06. The molecule has 8 nitrogen and oxygen atoms in total. The Bertz CT molecular complexity index is 1650. The molecule has 0 aromatic heterocycles. The normalized spacial score (nSPS) is 11.8. The molecule has 0 aliphatic rings. The number of sulfonamides is 1. The molecule has 4 aromatic carbocycles. The van der Waals surface area contributed by atoms with E-state index in [2.05, 4.69) is 5.32 Å². The zero-order chi connectivity index (χ0) is 32.2. The third kappa shape index (κ3) is 8.69. The zero-order valence-electron chi connectivity index (χ0n) is 25.4. The second-order valence-electron chi connectivity index (χ2n) is 10.4. The summed E-state index contributed by atoms with van der Waals surface area (Å²) >= 11 is 0. The van der Waals surface area contributed by atoms with Gasteiger partial charge in [-0.15, -0.1) is 0 Å². The molecule has 4 aromatic rings. The van der Waals surface area contributed by atoms with E-state index in [1.165, 1.54) is 23.1 Å². The van der Waals surface area contributed by atoms with Crippen molar-refractivity contribution in [2.75, 3.05) is 24.0 Å². The molecule has 1 atom stereocenters. The monoisotopic (exact) mass is 631 g/mol. The van der Waals surface area contributed by atoms with Crippen LogP contribution < -0.4 is 14.4 Å². The molecule has 236 valence electrons. The third-order valence-corrected chi connectivity index (χ3v) is 8.95. The molecule has 10 heteroatoms. The van der Waals surface area contributed by atoms with Gasteiger partial charge < -0.3 is 15.0 Å². The Morgan fingerprint density at radius 3 is 2.09 bits per heavy atom. The van der Waals surface area contributed by atoms with Crippen molar-refractivity contribution in [3.05, 3.63) is 126 Å². The minimum Gasteiger partial charge on any atom is -0.494 e. The maximum absolute atomic E-state index is 15.0. The number of benzene rings is 4. The van der Waals surface area contributed by atoms with Gasteiger partial charge in [-0.3, -0.25) is 13.9 Å². The highest BCUT2D eigenvalue weighted by Gasteiger charge is 2.35. The van der Waals surface area contributed by atoms with Crippen LogP contribution in [0.5, 0.6) is 5.75 Å². The number of amides is 2. The van der Waals surface area contributed by atoms with E-state index in [1.54, 1.807) is 60.7 Å². The molecule has 0 saturated heterocycles. The third-order valence-electron chi connectivity index (χ3n) is 7.16. The van der Waals surface area contributed by atoms with E-state index < -0.39 is 40.2 Å². The van der Waals surface area contributed by atoms with Crippen LogP contribution in [-0.2, 0) is 32.6 Å². The highest BCUT2D eigenvalue weighted by atomic mass is 32.2. The molecule has 4 rings (SSSR count). The molecule has 0 radical (unpaired) electrons. The quantitative estimate of drug-likeness (QED) is 0.185. The summed E-state index contributed by atoms with van der Waals surface area (Å²) in [6.07, 6.45) is 0.820. The molecule has 45 heavy (non-hydrogen) atoms. The van der Waals surface area contributed by atoms with E-state index in [1.807, 2.05) is 44.2 Å². The van der Waals surface area contributed by atoms with Gasteiger partial charge in [0.05, 0.1) is 17.2 Å². The van der Waals surface area contributed by atoms with Crippen LogP contribution in [0.2, 0.25) is 0 Å². The fourth-order valence-corrected chi connectivity index (χ4v) is 6.27. The van der Waals surface area contributed by atoms with Crippen molar-refractivity contribution in [1.82, 2.24) is 10.2 Å². The van der Waals surface area contributed by atoms with Crippen LogP contribution in [0.15, 0.2) is 114 Å². The molecule has 0 bridgehead atoms. The fraction of sp³-hybridized carbons (Fsp3) is 0.257. The van der Waals surface area contributed by atoms with E-state index in [0.717, 1.165) is 9.87 Å². The van der Waals surface area contributed by atoms with Crippen molar-refractivity contribution in [2.24, 2.45) is 0 Å². The standard InChI is InChI=1S/C35H38FN3O5S/c1-3-23-37-35(41)33(24-27-13-7-5-8-14-27)38(25-28-15-11-12-18-32(28)36)34(40)26-39(29-16-9-6-10-17-29)45(42,43)31-21-19-30(20-22-31)44-4-2/h5-22,33H,3-4,23-26H2,1-2H3,(H,37,41)/t33-/m1/s1. The first-order chi connectivity index (χ1) is 21.7. The molecule has 0 saturated carbocycles. The second-order valence-corrected chi connectivity index (χ2v) is 12.2. The van der Waals surface area contributed by atoms with E-state index in [9.17, 15) is 22.4 Å². The van der Waals surface area contributed by atoms with Gasteiger partial charge in [-0.1, -0.05) is 73.7 Å². The van der Waals surface area contributed by atoms with Crippen LogP contribution in [0.3, 0.4) is 0 Å². The highest BCUT2D eigenvalue weighted by molar-refractivity contribution is 7.92. The predicted octanol–water partition coefficient (Wildman–Crippen LogP) is 5.59. The Hall–Kier alpha value is -4.70. The number of para-hydroxylation sites is 1. The lowest BCUT2D eigenvalue weighted by Gasteiger charge is -2.34. The number of carbonyl (C=O) groups excluding carboxylic acids is 2. The second kappa shape index (κ2) is 15.9. The summed E-state index contributed by atoms with van der Waals surface area (Å²) in [6.45, 7) is 3.68. The summed E-state index contributed by atoms with van der Waals surface area (Å²) in [5.74, 6) is -1.10. The van der Waals surface area contributed by atoms with Gasteiger partial charge in [0, 0.05) is 25.1 Å². The van der Waals surface area contributed by atoms with Crippen molar-refractivity contribution < 1.29 is 27.1 Å². The van der Waals surface area contributed by atoms with Gasteiger partial charge in [0.15, 0.2) is 0 Å². The molecule has 2 amide bonds. The smallest absolute Gasteiger partial charge is 0.264 e. The van der Waals surface area contributed by atoms with Gasteiger partial charge in [0.1, 0.15) is 24.2 Å². The summed E-state index contributed by atoms with van der Waals surface area (Å²) in [5, 5.41) is 2.87. The van der Waals surface area contributed by atoms with Crippen LogP contribution in [-0.4, -0.2) is 50.9 Å². The number of carbonyl (C=O) groups is 2. The van der Waals surface area contributed by atoms with Crippen LogP contribution >= 0.6 is 0 Å². The number of hydrogen-bond donors (Lipinski definition) is 1. The SMILES string of the molecule is CCCNC(=O)[C@@H](Cc1ccccc1)N(Cc1ccccc1F)C(=O)CN(c1ccccc1)S(=O)(=O)c1ccc(OCC)cc1. The van der Waals surface area contributed by atoms with E-state index in [4.69, 9.17) is 4.74 Å². The van der Waals surface area contributed by atoms with Gasteiger partial charge in [-0.25, -0.2) is 12.8 Å². The van der Waals surface area contributed by atoms with Crippen LogP contribution in [0.1, 0.15) is 31.4 Å². The highest BCUT2D eigenvalue weighted by Crippen LogP contribution is 2.26. The predicted molar refractivity (Wildman–Crippen MR) is 173 cm³/mol. The maximum atomic E-state index is 15.0. The largest absolute Gasteiger partial charge is 0.494 e.